The van der Waals surface area contributed by atoms with Gasteiger partial charge in [0.15, 0.2) is 0 Å². The quantitative estimate of drug-likeness (QED) is 0.759. The molecule has 0 amide bonds. The molecular formula is C15H19N3. The summed E-state index contributed by atoms with van der Waals surface area (Å²) in [6.07, 6.45) is 5.36. The predicted octanol–water partition coefficient (Wildman–Crippen LogP) is 2.95. The molecule has 0 N–H and O–H groups in total. The molecule has 94 valence electrons. The highest BCUT2D eigenvalue weighted by molar-refractivity contribution is 5.62. The zero-order chi connectivity index (χ0) is 12.8. The number of hydrogen-bond acceptors (Lipinski definition) is 3. The molecule has 1 spiro atoms. The van der Waals surface area contributed by atoms with Crippen molar-refractivity contribution in [3.63, 3.8) is 0 Å². The van der Waals surface area contributed by atoms with Crippen LogP contribution >= 0.6 is 0 Å². The molecule has 1 saturated carbocycles. The molecule has 0 bridgehead atoms. The first-order valence-corrected chi connectivity index (χ1v) is 6.77. The van der Waals surface area contributed by atoms with Gasteiger partial charge in [0.2, 0.25) is 0 Å². The first-order chi connectivity index (χ1) is 8.63. The molecule has 1 aromatic heterocycles. The minimum atomic E-state index is 0.579. The molecule has 18 heavy (non-hydrogen) atoms. The van der Waals surface area contributed by atoms with E-state index in [0.29, 0.717) is 5.41 Å². The fourth-order valence-corrected chi connectivity index (χ4v) is 3.19. The van der Waals surface area contributed by atoms with Gasteiger partial charge in [-0.1, -0.05) is 0 Å². The van der Waals surface area contributed by atoms with Crippen molar-refractivity contribution in [1.29, 1.82) is 5.26 Å². The van der Waals surface area contributed by atoms with Gasteiger partial charge in [-0.25, -0.2) is 0 Å². The maximum absolute atomic E-state index is 9.35. The lowest BCUT2D eigenvalue weighted by atomic mass is 9.94. The van der Waals surface area contributed by atoms with Gasteiger partial charge in [0.1, 0.15) is 6.07 Å². The van der Waals surface area contributed by atoms with Crippen molar-refractivity contribution in [1.82, 2.24) is 4.98 Å². The van der Waals surface area contributed by atoms with E-state index in [1.54, 1.807) is 0 Å². The molecule has 1 aliphatic carbocycles. The number of hydrogen-bond donors (Lipinski definition) is 0. The summed E-state index contributed by atoms with van der Waals surface area (Å²) in [5, 5.41) is 9.35. The Kier molecular flexibility index (Phi) is 2.55. The van der Waals surface area contributed by atoms with Crippen molar-refractivity contribution in [2.75, 3.05) is 18.0 Å². The lowest BCUT2D eigenvalue weighted by molar-refractivity contribution is 0.395. The molecule has 2 aliphatic rings. The summed E-state index contributed by atoms with van der Waals surface area (Å²) in [6.45, 7) is 6.16. The van der Waals surface area contributed by atoms with E-state index in [1.165, 1.54) is 25.7 Å². The van der Waals surface area contributed by atoms with Gasteiger partial charge in [-0.05, 0) is 51.0 Å². The van der Waals surface area contributed by atoms with Crippen LogP contribution in [0.5, 0.6) is 0 Å². The Labute approximate surface area is 108 Å². The van der Waals surface area contributed by atoms with Gasteiger partial charge in [0, 0.05) is 18.8 Å². The van der Waals surface area contributed by atoms with Crippen LogP contribution in [0.3, 0.4) is 0 Å². The first-order valence-electron chi connectivity index (χ1n) is 6.77. The molecule has 1 aliphatic heterocycles. The Balaban J connectivity index is 1.98. The number of nitriles is 1. The van der Waals surface area contributed by atoms with E-state index >= 15 is 0 Å². The molecule has 3 nitrogen and oxygen atoms in total. The van der Waals surface area contributed by atoms with E-state index in [9.17, 15) is 5.26 Å². The zero-order valence-electron chi connectivity index (χ0n) is 11.2. The van der Waals surface area contributed by atoms with Crippen molar-refractivity contribution in [3.05, 3.63) is 23.0 Å². The van der Waals surface area contributed by atoms with Crippen LogP contribution in [0.25, 0.3) is 0 Å². The third-order valence-electron chi connectivity index (χ3n) is 4.38. The standard InChI is InChI=1S/C15H19N3/c1-11-8-14(13(9-16)12(2)17-11)18-7-3-4-15(10-18)5-6-15/h8H,3-7,10H2,1-2H3. The average molecular weight is 241 g/mol. The first kappa shape index (κ1) is 11.5. The SMILES string of the molecule is Cc1cc(N2CCCC3(CC3)C2)c(C#N)c(C)n1. The molecule has 2 heterocycles. The van der Waals surface area contributed by atoms with E-state index in [-0.39, 0.29) is 0 Å². The third-order valence-corrected chi connectivity index (χ3v) is 4.38. The van der Waals surface area contributed by atoms with Crippen LogP contribution in [0.1, 0.15) is 42.6 Å². The van der Waals surface area contributed by atoms with Crippen LogP contribution in [0.15, 0.2) is 6.07 Å². The Morgan fingerprint density at radius 3 is 2.78 bits per heavy atom. The number of aromatic nitrogens is 1. The van der Waals surface area contributed by atoms with Gasteiger partial charge in [0.25, 0.3) is 0 Å². The fourth-order valence-electron chi connectivity index (χ4n) is 3.19. The van der Waals surface area contributed by atoms with Crippen LogP contribution in [-0.4, -0.2) is 18.1 Å². The lowest BCUT2D eigenvalue weighted by Crippen LogP contribution is -2.37. The topological polar surface area (TPSA) is 39.9 Å². The zero-order valence-corrected chi connectivity index (χ0v) is 11.2. The average Bonchev–Trinajstić information content (AvgIpc) is 3.07. The summed E-state index contributed by atoms with van der Waals surface area (Å²) in [6, 6.07) is 4.41. The van der Waals surface area contributed by atoms with Crippen molar-refractivity contribution < 1.29 is 0 Å². The van der Waals surface area contributed by atoms with Crippen LogP contribution < -0.4 is 4.90 Å². The molecule has 1 aromatic rings. The number of pyridine rings is 1. The number of anilines is 1. The summed E-state index contributed by atoms with van der Waals surface area (Å²) >= 11 is 0. The minimum Gasteiger partial charge on any atom is -0.370 e. The Morgan fingerprint density at radius 2 is 2.11 bits per heavy atom. The molecular weight excluding hydrogens is 222 g/mol. The highest BCUT2D eigenvalue weighted by Crippen LogP contribution is 2.52. The van der Waals surface area contributed by atoms with Crippen molar-refractivity contribution in [3.8, 4) is 6.07 Å². The molecule has 0 unspecified atom stereocenters. The van der Waals surface area contributed by atoms with E-state index in [1.807, 2.05) is 13.8 Å². The van der Waals surface area contributed by atoms with Crippen LogP contribution in [0.4, 0.5) is 5.69 Å². The van der Waals surface area contributed by atoms with Crippen molar-refractivity contribution in [2.45, 2.75) is 39.5 Å². The largest absolute Gasteiger partial charge is 0.370 e. The van der Waals surface area contributed by atoms with Gasteiger partial charge < -0.3 is 4.90 Å². The Bertz CT molecular complexity index is 523. The molecule has 0 radical (unpaired) electrons. The van der Waals surface area contributed by atoms with Crippen molar-refractivity contribution in [2.24, 2.45) is 5.41 Å². The van der Waals surface area contributed by atoms with E-state index in [2.05, 4.69) is 22.0 Å². The molecule has 0 aromatic carbocycles. The number of aryl methyl sites for hydroxylation is 2. The molecule has 1 saturated heterocycles. The van der Waals surface area contributed by atoms with Crippen LogP contribution in [0, 0.1) is 30.6 Å². The van der Waals surface area contributed by atoms with Crippen molar-refractivity contribution >= 4 is 5.69 Å². The van der Waals surface area contributed by atoms with Gasteiger partial charge in [-0.15, -0.1) is 0 Å². The highest BCUT2D eigenvalue weighted by atomic mass is 15.2. The van der Waals surface area contributed by atoms with Gasteiger partial charge >= 0.3 is 0 Å². The van der Waals surface area contributed by atoms with Crippen LogP contribution in [0.2, 0.25) is 0 Å². The minimum absolute atomic E-state index is 0.579. The summed E-state index contributed by atoms with van der Waals surface area (Å²) in [5.74, 6) is 0. The maximum Gasteiger partial charge on any atom is 0.103 e. The fraction of sp³-hybridized carbons (Fsp3) is 0.600. The molecule has 0 atom stereocenters. The second-order valence-electron chi connectivity index (χ2n) is 5.88. The smallest absolute Gasteiger partial charge is 0.103 e. The summed E-state index contributed by atoms with van der Waals surface area (Å²) < 4.78 is 0. The third kappa shape index (κ3) is 1.86. The normalized spacial score (nSPS) is 20.8. The van der Waals surface area contributed by atoms with E-state index < -0.39 is 0 Å². The van der Waals surface area contributed by atoms with E-state index in [4.69, 9.17) is 0 Å². The van der Waals surface area contributed by atoms with Gasteiger partial charge in [-0.2, -0.15) is 5.26 Å². The predicted molar refractivity (Wildman–Crippen MR) is 71.5 cm³/mol. The summed E-state index contributed by atoms with van der Waals surface area (Å²) in [7, 11) is 0. The highest BCUT2D eigenvalue weighted by Gasteiger charge is 2.45. The lowest BCUT2D eigenvalue weighted by Gasteiger charge is -2.35. The maximum atomic E-state index is 9.35. The number of rotatable bonds is 1. The molecule has 3 rings (SSSR count). The second-order valence-corrected chi connectivity index (χ2v) is 5.88. The second kappa shape index (κ2) is 3.98. The summed E-state index contributed by atoms with van der Waals surface area (Å²) in [5.41, 5.74) is 4.32. The Hall–Kier alpha value is -1.56. The number of piperidine rings is 1. The Morgan fingerprint density at radius 1 is 1.33 bits per heavy atom. The molecule has 2 fully saturated rings. The van der Waals surface area contributed by atoms with Gasteiger partial charge in [0.05, 0.1) is 16.9 Å². The number of nitrogens with zero attached hydrogens (tertiary/aromatic N) is 3. The van der Waals surface area contributed by atoms with Gasteiger partial charge in [-0.3, -0.25) is 4.98 Å². The van der Waals surface area contributed by atoms with E-state index in [0.717, 1.165) is 35.7 Å². The van der Waals surface area contributed by atoms with Crippen LogP contribution in [-0.2, 0) is 0 Å². The summed E-state index contributed by atoms with van der Waals surface area (Å²) in [4.78, 5) is 6.82. The molecule has 3 heteroatoms. The monoisotopic (exact) mass is 241 g/mol.